The third-order valence-corrected chi connectivity index (χ3v) is 5.62. The van der Waals surface area contributed by atoms with Crippen LogP contribution in [-0.2, 0) is 12.8 Å². The molecular formula is C16H14BrFN4S. The van der Waals surface area contributed by atoms with E-state index < -0.39 is 0 Å². The standard InChI is InChI=1S/C16H14BrFN4S/c17-10-1-4-15(14(18)6-10)23-22-11-2-3-12-9(5-11)7-19-16-13(12)8-20-21-16/h1,4,6-8,11,22H,2-3,5H2,(H,19,20,21). The number of halogens is 2. The summed E-state index contributed by atoms with van der Waals surface area (Å²) in [4.78, 5) is 5.03. The number of H-pyrrole nitrogens is 1. The average molecular weight is 393 g/mol. The molecule has 1 aliphatic carbocycles. The van der Waals surface area contributed by atoms with E-state index in [0.29, 0.717) is 10.9 Å². The molecule has 0 radical (unpaired) electrons. The second-order valence-corrected chi connectivity index (χ2v) is 7.42. The lowest BCUT2D eigenvalue weighted by molar-refractivity contribution is 0.545. The quantitative estimate of drug-likeness (QED) is 0.661. The molecule has 0 amide bonds. The molecule has 2 heterocycles. The summed E-state index contributed by atoms with van der Waals surface area (Å²) in [5, 5.41) is 8.10. The molecule has 0 saturated carbocycles. The molecular weight excluding hydrogens is 379 g/mol. The minimum Gasteiger partial charge on any atom is -0.261 e. The van der Waals surface area contributed by atoms with Gasteiger partial charge >= 0.3 is 0 Å². The Morgan fingerprint density at radius 3 is 3.13 bits per heavy atom. The highest BCUT2D eigenvalue weighted by Crippen LogP contribution is 2.29. The topological polar surface area (TPSA) is 53.6 Å². The number of aryl methyl sites for hydroxylation is 1. The number of pyridine rings is 1. The predicted molar refractivity (Wildman–Crippen MR) is 92.8 cm³/mol. The number of hydrogen-bond donors (Lipinski definition) is 2. The van der Waals surface area contributed by atoms with E-state index in [2.05, 4.69) is 35.8 Å². The molecule has 23 heavy (non-hydrogen) atoms. The molecule has 2 aromatic heterocycles. The Bertz CT molecular complexity index is 866. The number of aromatic amines is 1. The Hall–Kier alpha value is -1.44. The van der Waals surface area contributed by atoms with Crippen molar-refractivity contribution >= 4 is 38.9 Å². The molecule has 0 bridgehead atoms. The van der Waals surface area contributed by atoms with Crippen molar-refractivity contribution in [1.29, 1.82) is 0 Å². The fourth-order valence-electron chi connectivity index (χ4n) is 2.95. The molecule has 1 aromatic carbocycles. The van der Waals surface area contributed by atoms with Crippen LogP contribution in [0.4, 0.5) is 4.39 Å². The lowest BCUT2D eigenvalue weighted by atomic mass is 9.88. The first kappa shape index (κ1) is 15.1. The van der Waals surface area contributed by atoms with Crippen molar-refractivity contribution in [3.05, 3.63) is 52.0 Å². The number of nitrogens with one attached hydrogen (secondary N) is 2. The van der Waals surface area contributed by atoms with E-state index in [4.69, 9.17) is 0 Å². The molecule has 0 spiro atoms. The van der Waals surface area contributed by atoms with Crippen LogP contribution in [0.15, 0.2) is 40.0 Å². The minimum absolute atomic E-state index is 0.213. The number of benzene rings is 1. The van der Waals surface area contributed by atoms with Crippen LogP contribution in [0.1, 0.15) is 17.5 Å². The van der Waals surface area contributed by atoms with Crippen LogP contribution in [0.25, 0.3) is 11.0 Å². The van der Waals surface area contributed by atoms with Gasteiger partial charge in [0.1, 0.15) is 5.82 Å². The molecule has 2 N–H and O–H groups in total. The van der Waals surface area contributed by atoms with E-state index in [1.165, 1.54) is 29.1 Å². The molecule has 7 heteroatoms. The largest absolute Gasteiger partial charge is 0.261 e. The Morgan fingerprint density at radius 2 is 2.26 bits per heavy atom. The van der Waals surface area contributed by atoms with Crippen LogP contribution in [-0.4, -0.2) is 21.2 Å². The van der Waals surface area contributed by atoms with Crippen molar-refractivity contribution in [2.45, 2.75) is 30.2 Å². The van der Waals surface area contributed by atoms with Gasteiger partial charge in [0.15, 0.2) is 5.65 Å². The summed E-state index contributed by atoms with van der Waals surface area (Å²) < 4.78 is 18.0. The predicted octanol–water partition coefficient (Wildman–Crippen LogP) is 4.01. The Labute approximate surface area is 145 Å². The zero-order valence-electron chi connectivity index (χ0n) is 12.1. The third kappa shape index (κ3) is 3.00. The van der Waals surface area contributed by atoms with Gasteiger partial charge in [-0.3, -0.25) is 9.82 Å². The Kier molecular flexibility index (Phi) is 4.09. The molecule has 4 rings (SSSR count). The number of rotatable bonds is 3. The SMILES string of the molecule is Fc1cc(Br)ccc1SNC1CCc2c(cnc3[nH]ncc23)C1. The summed E-state index contributed by atoms with van der Waals surface area (Å²) in [7, 11) is 0. The molecule has 1 unspecified atom stereocenters. The van der Waals surface area contributed by atoms with Gasteiger partial charge < -0.3 is 0 Å². The molecule has 1 atom stereocenters. The zero-order chi connectivity index (χ0) is 15.8. The maximum Gasteiger partial charge on any atom is 0.155 e. The lowest BCUT2D eigenvalue weighted by Crippen LogP contribution is -2.30. The second kappa shape index (κ2) is 6.22. The zero-order valence-corrected chi connectivity index (χ0v) is 14.5. The highest BCUT2D eigenvalue weighted by atomic mass is 79.9. The van der Waals surface area contributed by atoms with E-state index >= 15 is 0 Å². The van der Waals surface area contributed by atoms with Gasteiger partial charge in [0.05, 0.1) is 11.1 Å². The van der Waals surface area contributed by atoms with Gasteiger partial charge in [-0.2, -0.15) is 5.10 Å². The normalized spacial score (nSPS) is 17.4. The monoisotopic (exact) mass is 392 g/mol. The van der Waals surface area contributed by atoms with Gasteiger partial charge in [-0.1, -0.05) is 15.9 Å². The maximum atomic E-state index is 13.9. The van der Waals surface area contributed by atoms with Crippen LogP contribution in [0.3, 0.4) is 0 Å². The van der Waals surface area contributed by atoms with Gasteiger partial charge in [0.25, 0.3) is 0 Å². The van der Waals surface area contributed by atoms with Crippen molar-refractivity contribution in [2.75, 3.05) is 0 Å². The highest BCUT2D eigenvalue weighted by Gasteiger charge is 2.21. The van der Waals surface area contributed by atoms with Gasteiger partial charge in [-0.25, -0.2) is 9.37 Å². The fraction of sp³-hybridized carbons (Fsp3) is 0.250. The van der Waals surface area contributed by atoms with Crippen molar-refractivity contribution in [3.8, 4) is 0 Å². The van der Waals surface area contributed by atoms with Crippen molar-refractivity contribution in [2.24, 2.45) is 0 Å². The van der Waals surface area contributed by atoms with E-state index in [9.17, 15) is 4.39 Å². The number of hydrogen-bond acceptors (Lipinski definition) is 4. The van der Waals surface area contributed by atoms with E-state index in [1.807, 2.05) is 18.5 Å². The van der Waals surface area contributed by atoms with Crippen molar-refractivity contribution in [1.82, 2.24) is 19.9 Å². The Balaban J connectivity index is 1.48. The van der Waals surface area contributed by atoms with E-state index in [1.54, 1.807) is 6.07 Å². The van der Waals surface area contributed by atoms with Crippen LogP contribution >= 0.6 is 27.9 Å². The van der Waals surface area contributed by atoms with E-state index in [-0.39, 0.29) is 5.82 Å². The van der Waals surface area contributed by atoms with Crippen LogP contribution in [0.2, 0.25) is 0 Å². The molecule has 0 saturated heterocycles. The molecule has 0 aliphatic heterocycles. The first-order valence-electron chi connectivity index (χ1n) is 7.38. The van der Waals surface area contributed by atoms with Crippen LogP contribution in [0, 0.1) is 5.82 Å². The summed E-state index contributed by atoms with van der Waals surface area (Å²) in [5.41, 5.74) is 3.43. The summed E-state index contributed by atoms with van der Waals surface area (Å²) in [5.74, 6) is -0.213. The lowest BCUT2D eigenvalue weighted by Gasteiger charge is -2.25. The minimum atomic E-state index is -0.213. The van der Waals surface area contributed by atoms with Crippen LogP contribution < -0.4 is 4.72 Å². The first-order chi connectivity index (χ1) is 11.2. The molecule has 0 fully saturated rings. The summed E-state index contributed by atoms with van der Waals surface area (Å²) >= 11 is 4.63. The van der Waals surface area contributed by atoms with Gasteiger partial charge in [0, 0.05) is 22.1 Å². The van der Waals surface area contributed by atoms with Gasteiger partial charge in [-0.15, -0.1) is 0 Å². The smallest absolute Gasteiger partial charge is 0.155 e. The van der Waals surface area contributed by atoms with Gasteiger partial charge in [0.2, 0.25) is 0 Å². The summed E-state index contributed by atoms with van der Waals surface area (Å²) in [6.07, 6.45) is 6.67. The highest BCUT2D eigenvalue weighted by molar-refractivity contribution is 9.10. The summed E-state index contributed by atoms with van der Waals surface area (Å²) in [6.45, 7) is 0. The first-order valence-corrected chi connectivity index (χ1v) is 8.99. The second-order valence-electron chi connectivity index (χ2n) is 5.63. The van der Waals surface area contributed by atoms with Crippen molar-refractivity contribution in [3.63, 3.8) is 0 Å². The van der Waals surface area contributed by atoms with Gasteiger partial charge in [-0.05, 0) is 60.5 Å². The maximum absolute atomic E-state index is 13.9. The van der Waals surface area contributed by atoms with Crippen molar-refractivity contribution < 1.29 is 4.39 Å². The van der Waals surface area contributed by atoms with E-state index in [0.717, 1.165) is 34.8 Å². The summed E-state index contributed by atoms with van der Waals surface area (Å²) in [6, 6.07) is 5.43. The molecule has 1 aliphatic rings. The number of nitrogens with zero attached hydrogens (tertiary/aromatic N) is 2. The van der Waals surface area contributed by atoms with Crippen LogP contribution in [0.5, 0.6) is 0 Å². The molecule has 3 aromatic rings. The average Bonchev–Trinajstić information content (AvgIpc) is 3.02. The number of fused-ring (bicyclic) bond motifs is 3. The fourth-order valence-corrected chi connectivity index (χ4v) is 4.08. The number of aromatic nitrogens is 3. The Morgan fingerprint density at radius 1 is 1.35 bits per heavy atom. The third-order valence-electron chi connectivity index (χ3n) is 4.12. The molecule has 118 valence electrons. The molecule has 4 nitrogen and oxygen atoms in total.